The molecule has 0 aliphatic carbocycles. The molecule has 0 rings (SSSR count). The average molecular weight is 253 g/mol. The van der Waals surface area contributed by atoms with Crippen LogP contribution in [-0.4, -0.2) is 31.3 Å². The summed E-state index contributed by atoms with van der Waals surface area (Å²) in [5, 5.41) is 0. The van der Waals surface area contributed by atoms with E-state index in [0.717, 1.165) is 19.4 Å². The summed E-state index contributed by atoms with van der Waals surface area (Å²) < 4.78 is 10.4. The van der Waals surface area contributed by atoms with E-state index >= 15 is 0 Å². The minimum Gasteiger partial charge on any atom is -0.384 e. The van der Waals surface area contributed by atoms with E-state index in [1.165, 1.54) is 6.42 Å². The molecule has 0 N–H and O–H groups in total. The van der Waals surface area contributed by atoms with Crippen molar-refractivity contribution in [1.29, 1.82) is 0 Å². The van der Waals surface area contributed by atoms with Gasteiger partial charge in [0, 0.05) is 19.0 Å². The maximum atomic E-state index is 5.33. The molecule has 2 nitrogen and oxygen atoms in total. The van der Waals surface area contributed by atoms with Gasteiger partial charge in [0.1, 0.15) is 0 Å². The lowest BCUT2D eigenvalue weighted by atomic mass is 10.0. The first-order valence-electron chi connectivity index (χ1n) is 4.70. The highest BCUT2D eigenvalue weighted by molar-refractivity contribution is 9.09. The Morgan fingerprint density at radius 3 is 2.38 bits per heavy atom. The van der Waals surface area contributed by atoms with Gasteiger partial charge >= 0.3 is 0 Å². The van der Waals surface area contributed by atoms with Crippen LogP contribution in [0.5, 0.6) is 0 Å². The van der Waals surface area contributed by atoms with E-state index in [9.17, 15) is 0 Å². The van der Waals surface area contributed by atoms with E-state index in [-0.39, 0.29) is 5.60 Å². The molecule has 0 spiro atoms. The fraction of sp³-hybridized carbons (Fsp3) is 1.00. The second-order valence-electron chi connectivity index (χ2n) is 3.91. The third-order valence-electron chi connectivity index (χ3n) is 2.20. The number of ether oxygens (including phenoxy) is 2. The zero-order chi connectivity index (χ0) is 10.3. The van der Waals surface area contributed by atoms with Crippen molar-refractivity contribution in [1.82, 2.24) is 0 Å². The number of halogens is 1. The highest BCUT2D eigenvalue weighted by Gasteiger charge is 2.16. The van der Waals surface area contributed by atoms with E-state index in [4.69, 9.17) is 9.47 Å². The maximum Gasteiger partial charge on any atom is 0.0622 e. The Morgan fingerprint density at radius 1 is 1.31 bits per heavy atom. The molecule has 0 aliphatic heterocycles. The topological polar surface area (TPSA) is 18.5 Å². The summed E-state index contributed by atoms with van der Waals surface area (Å²) in [6, 6.07) is 0. The van der Waals surface area contributed by atoms with Crippen molar-refractivity contribution in [2.75, 3.05) is 20.8 Å². The SMILES string of the molecule is COCC(Br)CCCC(C)(C)OC. The van der Waals surface area contributed by atoms with Crippen LogP contribution in [0, 0.1) is 0 Å². The summed E-state index contributed by atoms with van der Waals surface area (Å²) >= 11 is 3.56. The summed E-state index contributed by atoms with van der Waals surface area (Å²) in [5.41, 5.74) is 0.0137. The molecule has 0 saturated carbocycles. The van der Waals surface area contributed by atoms with E-state index in [0.29, 0.717) is 4.83 Å². The third kappa shape index (κ3) is 7.47. The van der Waals surface area contributed by atoms with E-state index in [1.807, 2.05) is 0 Å². The van der Waals surface area contributed by atoms with E-state index < -0.39 is 0 Å². The lowest BCUT2D eigenvalue weighted by Gasteiger charge is -2.23. The molecule has 0 heterocycles. The largest absolute Gasteiger partial charge is 0.384 e. The molecule has 0 amide bonds. The zero-order valence-electron chi connectivity index (χ0n) is 9.10. The normalized spacial score (nSPS) is 14.5. The summed E-state index contributed by atoms with van der Waals surface area (Å²) in [7, 11) is 3.49. The van der Waals surface area contributed by atoms with Crippen LogP contribution in [0.25, 0.3) is 0 Å². The van der Waals surface area contributed by atoms with Gasteiger partial charge in [0.05, 0.1) is 12.2 Å². The van der Waals surface area contributed by atoms with Crippen LogP contribution in [0.15, 0.2) is 0 Å². The van der Waals surface area contributed by atoms with Crippen LogP contribution in [0.4, 0.5) is 0 Å². The molecule has 0 aromatic carbocycles. The Bertz CT molecular complexity index is 126. The van der Waals surface area contributed by atoms with Crippen molar-refractivity contribution < 1.29 is 9.47 Å². The predicted molar refractivity (Wildman–Crippen MR) is 59.5 cm³/mol. The Morgan fingerprint density at radius 2 is 1.92 bits per heavy atom. The first-order valence-corrected chi connectivity index (χ1v) is 5.61. The van der Waals surface area contributed by atoms with Gasteiger partial charge in [0.25, 0.3) is 0 Å². The van der Waals surface area contributed by atoms with Crippen LogP contribution in [0.1, 0.15) is 33.1 Å². The van der Waals surface area contributed by atoms with Gasteiger partial charge in [0.2, 0.25) is 0 Å². The molecule has 0 aliphatic rings. The summed E-state index contributed by atoms with van der Waals surface area (Å²) in [6.07, 6.45) is 3.40. The van der Waals surface area contributed by atoms with Gasteiger partial charge in [-0.15, -0.1) is 0 Å². The summed E-state index contributed by atoms with van der Waals surface area (Å²) in [4.78, 5) is 0.477. The zero-order valence-corrected chi connectivity index (χ0v) is 10.7. The van der Waals surface area contributed by atoms with Gasteiger partial charge in [-0.25, -0.2) is 0 Å². The monoisotopic (exact) mass is 252 g/mol. The fourth-order valence-electron chi connectivity index (χ4n) is 1.12. The fourth-order valence-corrected chi connectivity index (χ4v) is 1.70. The van der Waals surface area contributed by atoms with Crippen molar-refractivity contribution in [2.45, 2.75) is 43.5 Å². The molecular weight excluding hydrogens is 232 g/mol. The van der Waals surface area contributed by atoms with Crippen LogP contribution in [0.3, 0.4) is 0 Å². The third-order valence-corrected chi connectivity index (χ3v) is 2.92. The molecule has 0 aromatic rings. The minimum absolute atomic E-state index is 0.0137. The molecule has 0 fully saturated rings. The van der Waals surface area contributed by atoms with Crippen molar-refractivity contribution in [2.24, 2.45) is 0 Å². The van der Waals surface area contributed by atoms with Crippen molar-refractivity contribution in [3.63, 3.8) is 0 Å². The summed E-state index contributed by atoms with van der Waals surface area (Å²) in [6.45, 7) is 5.02. The first-order chi connectivity index (χ1) is 6.02. The average Bonchev–Trinajstić information content (AvgIpc) is 2.05. The smallest absolute Gasteiger partial charge is 0.0622 e. The first kappa shape index (κ1) is 13.4. The highest BCUT2D eigenvalue weighted by atomic mass is 79.9. The highest BCUT2D eigenvalue weighted by Crippen LogP contribution is 2.19. The van der Waals surface area contributed by atoms with Crippen LogP contribution in [0.2, 0.25) is 0 Å². The molecule has 1 unspecified atom stereocenters. The van der Waals surface area contributed by atoms with Crippen LogP contribution < -0.4 is 0 Å². The molecule has 80 valence electrons. The predicted octanol–water partition coefficient (Wildman–Crippen LogP) is 2.99. The molecule has 1 atom stereocenters. The molecule has 0 saturated heterocycles. The second kappa shape index (κ2) is 6.80. The lowest BCUT2D eigenvalue weighted by molar-refractivity contribution is 0.0132. The van der Waals surface area contributed by atoms with Gasteiger partial charge in [-0.2, -0.15) is 0 Å². The van der Waals surface area contributed by atoms with Crippen LogP contribution >= 0.6 is 15.9 Å². The molecule has 13 heavy (non-hydrogen) atoms. The van der Waals surface area contributed by atoms with Crippen LogP contribution in [-0.2, 0) is 9.47 Å². The number of methoxy groups -OCH3 is 2. The van der Waals surface area contributed by atoms with E-state index in [2.05, 4.69) is 29.8 Å². The number of alkyl halides is 1. The van der Waals surface area contributed by atoms with Crippen molar-refractivity contribution >= 4 is 15.9 Å². The maximum absolute atomic E-state index is 5.33. The number of rotatable bonds is 7. The quantitative estimate of drug-likeness (QED) is 0.649. The molecular formula is C10H21BrO2. The number of hydrogen-bond donors (Lipinski definition) is 0. The van der Waals surface area contributed by atoms with Gasteiger partial charge < -0.3 is 9.47 Å². The molecule has 0 radical (unpaired) electrons. The Labute approximate surface area is 90.1 Å². The molecule has 0 bridgehead atoms. The Hall–Kier alpha value is 0.400. The lowest BCUT2D eigenvalue weighted by Crippen LogP contribution is -2.22. The molecule has 0 aromatic heterocycles. The number of hydrogen-bond acceptors (Lipinski definition) is 2. The Balaban J connectivity index is 3.44. The van der Waals surface area contributed by atoms with Crippen molar-refractivity contribution in [3.8, 4) is 0 Å². The second-order valence-corrected chi connectivity index (χ2v) is 5.20. The Kier molecular flexibility index (Phi) is 7.00. The van der Waals surface area contributed by atoms with Gasteiger partial charge in [-0.1, -0.05) is 15.9 Å². The summed E-state index contributed by atoms with van der Waals surface area (Å²) in [5.74, 6) is 0. The van der Waals surface area contributed by atoms with Gasteiger partial charge in [0.15, 0.2) is 0 Å². The molecule has 3 heteroatoms. The standard InChI is InChI=1S/C10H21BrO2/c1-10(2,13-4)7-5-6-9(11)8-12-3/h9H,5-8H2,1-4H3. The minimum atomic E-state index is 0.0137. The van der Waals surface area contributed by atoms with E-state index in [1.54, 1.807) is 14.2 Å². The van der Waals surface area contributed by atoms with Crippen molar-refractivity contribution in [3.05, 3.63) is 0 Å². The van der Waals surface area contributed by atoms with Gasteiger partial charge in [-0.3, -0.25) is 0 Å². The van der Waals surface area contributed by atoms with Gasteiger partial charge in [-0.05, 0) is 33.1 Å².